The summed E-state index contributed by atoms with van der Waals surface area (Å²) in [7, 11) is 0. The lowest BCUT2D eigenvalue weighted by Crippen LogP contribution is -2.42. The van der Waals surface area contributed by atoms with Gasteiger partial charge in [-0.15, -0.1) is 0 Å². The summed E-state index contributed by atoms with van der Waals surface area (Å²) in [5.74, 6) is -0.359. The van der Waals surface area contributed by atoms with Crippen LogP contribution in [0.1, 0.15) is 37.0 Å². The van der Waals surface area contributed by atoms with Gasteiger partial charge in [0.1, 0.15) is 5.82 Å². The highest BCUT2D eigenvalue weighted by Crippen LogP contribution is 2.48. The molecule has 1 fully saturated rings. The molecular weight excluding hydrogens is 305 g/mol. The van der Waals surface area contributed by atoms with Crippen LogP contribution in [0.5, 0.6) is 0 Å². The number of rotatable bonds is 6. The third-order valence-electron chi connectivity index (χ3n) is 4.76. The van der Waals surface area contributed by atoms with E-state index in [-0.39, 0.29) is 17.1 Å². The molecule has 0 aromatic heterocycles. The third-order valence-corrected chi connectivity index (χ3v) is 4.76. The lowest BCUT2D eigenvalue weighted by Gasteiger charge is -2.24. The summed E-state index contributed by atoms with van der Waals surface area (Å²) in [4.78, 5) is 12.6. The van der Waals surface area contributed by atoms with Crippen LogP contribution in [-0.2, 0) is 11.2 Å². The number of amides is 1. The molecule has 3 nitrogen and oxygen atoms in total. The van der Waals surface area contributed by atoms with E-state index in [0.29, 0.717) is 5.56 Å². The first-order valence-electron chi connectivity index (χ1n) is 8.29. The predicted octanol–water partition coefficient (Wildman–Crippen LogP) is 3.39. The van der Waals surface area contributed by atoms with Gasteiger partial charge in [-0.2, -0.15) is 0 Å². The van der Waals surface area contributed by atoms with E-state index in [2.05, 4.69) is 5.32 Å². The van der Waals surface area contributed by atoms with Gasteiger partial charge in [0, 0.05) is 0 Å². The molecule has 0 spiro atoms. The number of hydrogen-bond acceptors (Lipinski definition) is 2. The van der Waals surface area contributed by atoms with Gasteiger partial charge in [-0.25, -0.2) is 4.39 Å². The minimum atomic E-state index is -0.859. The molecule has 2 N–H and O–H groups in total. The van der Waals surface area contributed by atoms with E-state index in [1.54, 1.807) is 19.1 Å². The lowest BCUT2D eigenvalue weighted by molar-refractivity contribution is -0.127. The maximum absolute atomic E-state index is 13.0. The van der Waals surface area contributed by atoms with Crippen LogP contribution in [0, 0.1) is 11.2 Å². The summed E-state index contributed by atoms with van der Waals surface area (Å²) < 4.78 is 13.0. The Morgan fingerprint density at radius 3 is 2.38 bits per heavy atom. The Balaban J connectivity index is 1.62. The molecule has 0 aliphatic heterocycles. The molecule has 3 rings (SSSR count). The SMILES string of the molecule is CC(NC(=O)C1(Cc2ccccc2)CC1)C(O)c1ccc(F)cc1. The number of nitrogens with one attached hydrogen (secondary N) is 1. The number of aliphatic hydroxyl groups excluding tert-OH is 1. The molecule has 1 amide bonds. The molecule has 2 aromatic carbocycles. The van der Waals surface area contributed by atoms with E-state index < -0.39 is 12.1 Å². The molecular formula is C20H22FNO2. The average Bonchev–Trinajstić information content (AvgIpc) is 3.36. The highest BCUT2D eigenvalue weighted by atomic mass is 19.1. The van der Waals surface area contributed by atoms with Gasteiger partial charge in [0.2, 0.25) is 5.91 Å². The summed E-state index contributed by atoms with van der Waals surface area (Å²) in [6.45, 7) is 1.77. The van der Waals surface area contributed by atoms with E-state index in [0.717, 1.165) is 24.8 Å². The van der Waals surface area contributed by atoms with Crippen molar-refractivity contribution < 1.29 is 14.3 Å². The van der Waals surface area contributed by atoms with Crippen LogP contribution >= 0.6 is 0 Å². The van der Waals surface area contributed by atoms with Crippen molar-refractivity contribution >= 4 is 5.91 Å². The van der Waals surface area contributed by atoms with Crippen molar-refractivity contribution in [1.29, 1.82) is 0 Å². The Morgan fingerprint density at radius 1 is 1.17 bits per heavy atom. The molecule has 0 bridgehead atoms. The Hall–Kier alpha value is -2.20. The molecule has 1 aliphatic carbocycles. The van der Waals surface area contributed by atoms with Crippen LogP contribution in [-0.4, -0.2) is 17.1 Å². The van der Waals surface area contributed by atoms with Crippen LogP contribution in [0.25, 0.3) is 0 Å². The monoisotopic (exact) mass is 327 g/mol. The van der Waals surface area contributed by atoms with Gasteiger partial charge in [-0.1, -0.05) is 42.5 Å². The second-order valence-corrected chi connectivity index (χ2v) is 6.70. The van der Waals surface area contributed by atoms with Crippen LogP contribution < -0.4 is 5.32 Å². The highest BCUT2D eigenvalue weighted by Gasteiger charge is 2.50. The predicted molar refractivity (Wildman–Crippen MR) is 90.8 cm³/mol. The maximum atomic E-state index is 13.0. The van der Waals surface area contributed by atoms with Gasteiger partial charge in [0.05, 0.1) is 17.6 Å². The first-order chi connectivity index (χ1) is 11.5. The van der Waals surface area contributed by atoms with Gasteiger partial charge in [-0.3, -0.25) is 4.79 Å². The minimum Gasteiger partial charge on any atom is -0.386 e. The number of carbonyl (C=O) groups excluding carboxylic acids is 1. The van der Waals surface area contributed by atoms with Crippen LogP contribution in [0.4, 0.5) is 4.39 Å². The fourth-order valence-electron chi connectivity index (χ4n) is 3.01. The molecule has 0 saturated heterocycles. The Labute approximate surface area is 141 Å². The van der Waals surface area contributed by atoms with E-state index >= 15 is 0 Å². The molecule has 0 heterocycles. The van der Waals surface area contributed by atoms with Gasteiger partial charge in [0.25, 0.3) is 0 Å². The van der Waals surface area contributed by atoms with Crippen molar-refractivity contribution in [3.8, 4) is 0 Å². The fourth-order valence-corrected chi connectivity index (χ4v) is 3.01. The molecule has 126 valence electrons. The topological polar surface area (TPSA) is 49.3 Å². The van der Waals surface area contributed by atoms with Crippen LogP contribution in [0.15, 0.2) is 54.6 Å². The zero-order chi connectivity index (χ0) is 17.2. The molecule has 1 saturated carbocycles. The number of hydrogen-bond donors (Lipinski definition) is 2. The third kappa shape index (κ3) is 3.65. The maximum Gasteiger partial charge on any atom is 0.226 e. The van der Waals surface area contributed by atoms with Crippen LogP contribution in [0.3, 0.4) is 0 Å². The second kappa shape index (κ2) is 6.73. The Bertz CT molecular complexity index is 695. The van der Waals surface area contributed by atoms with E-state index in [4.69, 9.17) is 0 Å². The quantitative estimate of drug-likeness (QED) is 0.854. The molecule has 4 heteroatoms. The summed E-state index contributed by atoms with van der Waals surface area (Å²) in [5.41, 5.74) is 1.40. The molecule has 2 unspecified atom stereocenters. The van der Waals surface area contributed by atoms with Gasteiger partial charge in [-0.05, 0) is 49.4 Å². The number of halogens is 1. The van der Waals surface area contributed by atoms with Crippen molar-refractivity contribution in [2.24, 2.45) is 5.41 Å². The number of benzene rings is 2. The number of carbonyl (C=O) groups is 1. The first kappa shape index (κ1) is 16.7. The molecule has 24 heavy (non-hydrogen) atoms. The van der Waals surface area contributed by atoms with Crippen molar-refractivity contribution in [3.05, 3.63) is 71.5 Å². The fraction of sp³-hybridized carbons (Fsp3) is 0.350. The summed E-state index contributed by atoms with van der Waals surface area (Å²) >= 11 is 0. The molecule has 0 radical (unpaired) electrons. The van der Waals surface area contributed by atoms with Crippen LogP contribution in [0.2, 0.25) is 0 Å². The summed E-state index contributed by atoms with van der Waals surface area (Å²) in [6, 6.07) is 15.2. The number of aliphatic hydroxyl groups is 1. The van der Waals surface area contributed by atoms with Crippen molar-refractivity contribution in [3.63, 3.8) is 0 Å². The smallest absolute Gasteiger partial charge is 0.226 e. The molecule has 2 aromatic rings. The van der Waals surface area contributed by atoms with E-state index in [1.165, 1.54) is 12.1 Å². The van der Waals surface area contributed by atoms with Crippen molar-refractivity contribution in [2.45, 2.75) is 38.3 Å². The summed E-state index contributed by atoms with van der Waals surface area (Å²) in [5, 5.41) is 13.3. The van der Waals surface area contributed by atoms with Gasteiger partial charge >= 0.3 is 0 Å². The van der Waals surface area contributed by atoms with Crippen molar-refractivity contribution in [1.82, 2.24) is 5.32 Å². The minimum absolute atomic E-state index is 0.0139. The van der Waals surface area contributed by atoms with Gasteiger partial charge < -0.3 is 10.4 Å². The van der Waals surface area contributed by atoms with Gasteiger partial charge in [0.15, 0.2) is 0 Å². The average molecular weight is 327 g/mol. The zero-order valence-electron chi connectivity index (χ0n) is 13.7. The largest absolute Gasteiger partial charge is 0.386 e. The zero-order valence-corrected chi connectivity index (χ0v) is 13.7. The normalized spacial score (nSPS) is 17.8. The van der Waals surface area contributed by atoms with E-state index in [9.17, 15) is 14.3 Å². The molecule has 1 aliphatic rings. The summed E-state index contributed by atoms with van der Waals surface area (Å²) in [6.07, 6.45) is 1.60. The highest BCUT2D eigenvalue weighted by molar-refractivity contribution is 5.85. The Morgan fingerprint density at radius 2 is 1.79 bits per heavy atom. The standard InChI is InChI=1S/C20H22FNO2/c1-14(18(23)16-7-9-17(21)10-8-16)22-19(24)20(11-12-20)13-15-5-3-2-4-6-15/h2-10,14,18,23H,11-13H2,1H3,(H,22,24). The van der Waals surface area contributed by atoms with E-state index in [1.807, 2.05) is 30.3 Å². The Kier molecular flexibility index (Phi) is 4.67. The lowest BCUT2D eigenvalue weighted by atomic mass is 9.94. The molecule has 2 atom stereocenters. The second-order valence-electron chi connectivity index (χ2n) is 6.70. The first-order valence-corrected chi connectivity index (χ1v) is 8.29. The van der Waals surface area contributed by atoms with Crippen molar-refractivity contribution in [2.75, 3.05) is 0 Å².